The smallest absolute Gasteiger partial charge is 0.323 e. The molecule has 29 heavy (non-hydrogen) atoms. The number of fused-ring (bicyclic) bond motifs is 1. The number of carbonyl (C=O) groups excluding carboxylic acids is 1. The Morgan fingerprint density at radius 2 is 2.00 bits per heavy atom. The van der Waals surface area contributed by atoms with Crippen molar-refractivity contribution >= 4 is 45.2 Å². The maximum Gasteiger partial charge on any atom is 0.418 e. The number of anilines is 1. The molecule has 4 rings (SSSR count). The maximum absolute atomic E-state index is 13.5. The van der Waals surface area contributed by atoms with Gasteiger partial charge in [-0.25, -0.2) is 4.98 Å². The molecule has 10 heteroatoms. The molecule has 4 aromatic rings. The minimum atomic E-state index is -4.66. The third kappa shape index (κ3) is 3.81. The topological polar surface area (TPSA) is 64.0 Å². The van der Waals surface area contributed by atoms with Crippen LogP contribution in [0.15, 0.2) is 57.5 Å². The van der Waals surface area contributed by atoms with Crippen molar-refractivity contribution in [3.63, 3.8) is 0 Å². The predicted octanol–water partition coefficient (Wildman–Crippen LogP) is 4.84. The third-order valence-corrected chi connectivity index (χ3v) is 5.74. The monoisotopic (exact) mass is 435 g/mol. The fourth-order valence-corrected chi connectivity index (χ4v) is 4.44. The lowest BCUT2D eigenvalue weighted by molar-refractivity contribution is -0.136. The average Bonchev–Trinajstić information content (AvgIpc) is 3.34. The van der Waals surface area contributed by atoms with Gasteiger partial charge in [0.2, 0.25) is 5.91 Å². The summed E-state index contributed by atoms with van der Waals surface area (Å²) < 4.78 is 41.2. The predicted molar refractivity (Wildman–Crippen MR) is 107 cm³/mol. The third-order valence-electron chi connectivity index (χ3n) is 4.22. The standard InChI is InChI=1S/C19H12F3N3O2S2/c20-19(21,22)12-3-1-2-11-4-5-16(27)25(17(11)12)8-15(26)24-13-6-7-29-18(13)14-9-28-10-23-14/h1-7,9-10H,8H2,(H,24,26). The van der Waals surface area contributed by atoms with Gasteiger partial charge < -0.3 is 5.32 Å². The molecule has 3 heterocycles. The number of rotatable bonds is 4. The van der Waals surface area contributed by atoms with Gasteiger partial charge in [-0.1, -0.05) is 12.1 Å². The van der Waals surface area contributed by atoms with E-state index < -0.39 is 29.8 Å². The van der Waals surface area contributed by atoms with Crippen LogP contribution in [0.2, 0.25) is 0 Å². The largest absolute Gasteiger partial charge is 0.418 e. The molecule has 0 saturated heterocycles. The molecule has 148 valence electrons. The van der Waals surface area contributed by atoms with Gasteiger partial charge in [0.25, 0.3) is 5.56 Å². The van der Waals surface area contributed by atoms with Crippen molar-refractivity contribution in [3.8, 4) is 10.6 Å². The molecule has 1 aromatic carbocycles. The van der Waals surface area contributed by atoms with Crippen molar-refractivity contribution in [2.75, 3.05) is 5.32 Å². The van der Waals surface area contributed by atoms with Gasteiger partial charge in [0.15, 0.2) is 0 Å². The van der Waals surface area contributed by atoms with Crippen molar-refractivity contribution in [1.82, 2.24) is 9.55 Å². The summed E-state index contributed by atoms with van der Waals surface area (Å²) in [5.74, 6) is -0.605. The number of hydrogen-bond acceptors (Lipinski definition) is 5. The van der Waals surface area contributed by atoms with E-state index in [1.807, 2.05) is 5.38 Å². The highest BCUT2D eigenvalue weighted by Gasteiger charge is 2.34. The lowest BCUT2D eigenvalue weighted by atomic mass is 10.1. The fourth-order valence-electron chi connectivity index (χ4n) is 3.01. The fraction of sp³-hybridized carbons (Fsp3) is 0.105. The number of thiazole rings is 1. The van der Waals surface area contributed by atoms with Crippen LogP contribution in [0.3, 0.4) is 0 Å². The van der Waals surface area contributed by atoms with Gasteiger partial charge in [-0.2, -0.15) is 13.2 Å². The molecule has 3 aromatic heterocycles. The summed E-state index contributed by atoms with van der Waals surface area (Å²) in [7, 11) is 0. The molecule has 0 aliphatic carbocycles. The van der Waals surface area contributed by atoms with Crippen LogP contribution in [0.25, 0.3) is 21.5 Å². The van der Waals surface area contributed by atoms with E-state index >= 15 is 0 Å². The molecule has 1 amide bonds. The van der Waals surface area contributed by atoms with Crippen molar-refractivity contribution in [3.05, 3.63) is 68.6 Å². The van der Waals surface area contributed by atoms with E-state index in [0.29, 0.717) is 11.4 Å². The molecule has 0 atom stereocenters. The molecule has 0 radical (unpaired) electrons. The summed E-state index contributed by atoms with van der Waals surface area (Å²) in [5, 5.41) is 6.50. The van der Waals surface area contributed by atoms with E-state index in [1.165, 1.54) is 40.9 Å². The Balaban J connectivity index is 1.70. The van der Waals surface area contributed by atoms with Gasteiger partial charge in [-0.15, -0.1) is 22.7 Å². The van der Waals surface area contributed by atoms with Gasteiger partial charge in [0.1, 0.15) is 6.54 Å². The van der Waals surface area contributed by atoms with Crippen LogP contribution < -0.4 is 10.9 Å². The Labute approximate surface area is 170 Å². The Hall–Kier alpha value is -2.98. The number of halogens is 3. The Morgan fingerprint density at radius 1 is 1.17 bits per heavy atom. The van der Waals surface area contributed by atoms with E-state index in [4.69, 9.17) is 0 Å². The van der Waals surface area contributed by atoms with E-state index in [9.17, 15) is 22.8 Å². The Morgan fingerprint density at radius 3 is 2.72 bits per heavy atom. The van der Waals surface area contributed by atoms with Gasteiger partial charge in [0, 0.05) is 11.4 Å². The van der Waals surface area contributed by atoms with Crippen molar-refractivity contribution in [1.29, 1.82) is 0 Å². The molecule has 0 bridgehead atoms. The first kappa shape index (κ1) is 19.3. The van der Waals surface area contributed by atoms with Crippen LogP contribution in [-0.4, -0.2) is 15.5 Å². The number of pyridine rings is 1. The molecule has 0 aliphatic heterocycles. The number of aromatic nitrogens is 2. The second-order valence-corrected chi connectivity index (χ2v) is 7.72. The van der Waals surface area contributed by atoms with Crippen LogP contribution in [-0.2, 0) is 17.5 Å². The lowest BCUT2D eigenvalue weighted by Gasteiger charge is -2.15. The second kappa shape index (κ2) is 7.45. The van der Waals surface area contributed by atoms with Gasteiger partial charge in [-0.05, 0) is 29.0 Å². The average molecular weight is 435 g/mol. The SMILES string of the molecule is O=C(Cn1c(=O)ccc2cccc(C(F)(F)F)c21)Nc1ccsc1-c1cscn1. The Kier molecular flexibility index (Phi) is 4.97. The number of thiophene rings is 1. The van der Waals surface area contributed by atoms with E-state index in [2.05, 4.69) is 10.3 Å². The van der Waals surface area contributed by atoms with Crippen LogP contribution in [0, 0.1) is 0 Å². The van der Waals surface area contributed by atoms with Gasteiger partial charge >= 0.3 is 6.18 Å². The van der Waals surface area contributed by atoms with Crippen molar-refractivity contribution in [2.24, 2.45) is 0 Å². The minimum absolute atomic E-state index is 0.228. The highest BCUT2D eigenvalue weighted by Crippen LogP contribution is 2.35. The summed E-state index contributed by atoms with van der Waals surface area (Å²) >= 11 is 2.79. The zero-order valence-corrected chi connectivity index (χ0v) is 16.2. The summed E-state index contributed by atoms with van der Waals surface area (Å²) in [6.45, 7) is -0.546. The van der Waals surface area contributed by atoms with E-state index in [1.54, 1.807) is 17.0 Å². The summed E-state index contributed by atoms with van der Waals surface area (Å²) in [6, 6.07) is 7.80. The van der Waals surface area contributed by atoms with Crippen molar-refractivity contribution in [2.45, 2.75) is 12.7 Å². The van der Waals surface area contributed by atoms with E-state index in [0.717, 1.165) is 21.6 Å². The normalized spacial score (nSPS) is 11.7. The lowest BCUT2D eigenvalue weighted by Crippen LogP contribution is -2.28. The first-order chi connectivity index (χ1) is 13.8. The first-order valence-electron chi connectivity index (χ1n) is 8.30. The number of nitrogens with one attached hydrogen (secondary N) is 1. The summed E-state index contributed by atoms with van der Waals surface area (Å²) in [4.78, 5) is 29.8. The molecule has 5 nitrogen and oxygen atoms in total. The molecule has 0 spiro atoms. The number of benzene rings is 1. The number of carbonyl (C=O) groups is 1. The number of amides is 1. The van der Waals surface area contributed by atoms with E-state index in [-0.39, 0.29) is 10.9 Å². The number of para-hydroxylation sites is 1. The minimum Gasteiger partial charge on any atom is -0.323 e. The second-order valence-electron chi connectivity index (χ2n) is 6.08. The van der Waals surface area contributed by atoms with Crippen LogP contribution in [0.1, 0.15) is 5.56 Å². The first-order valence-corrected chi connectivity index (χ1v) is 10.1. The highest BCUT2D eigenvalue weighted by atomic mass is 32.1. The highest BCUT2D eigenvalue weighted by molar-refractivity contribution is 7.14. The quantitative estimate of drug-likeness (QED) is 0.499. The van der Waals surface area contributed by atoms with Crippen LogP contribution >= 0.6 is 22.7 Å². The van der Waals surface area contributed by atoms with Crippen LogP contribution in [0.4, 0.5) is 18.9 Å². The molecule has 0 unspecified atom stereocenters. The summed E-state index contributed by atoms with van der Waals surface area (Å²) in [5.41, 5.74) is 0.896. The maximum atomic E-state index is 13.5. The molecule has 0 saturated carbocycles. The zero-order valence-electron chi connectivity index (χ0n) is 14.6. The van der Waals surface area contributed by atoms with Gasteiger partial charge in [0.05, 0.1) is 32.8 Å². The number of nitrogens with zero attached hydrogens (tertiary/aromatic N) is 2. The number of alkyl halides is 3. The number of hydrogen-bond donors (Lipinski definition) is 1. The zero-order chi connectivity index (χ0) is 20.6. The molecule has 0 aliphatic rings. The Bertz CT molecular complexity index is 1240. The van der Waals surface area contributed by atoms with Crippen molar-refractivity contribution < 1.29 is 18.0 Å². The summed E-state index contributed by atoms with van der Waals surface area (Å²) in [6.07, 6.45) is -4.66. The molecular formula is C19H12F3N3O2S2. The van der Waals surface area contributed by atoms with Gasteiger partial charge in [-0.3, -0.25) is 14.2 Å². The molecular weight excluding hydrogens is 423 g/mol. The molecule has 0 fully saturated rings. The molecule has 1 N–H and O–H groups in total. The van der Waals surface area contributed by atoms with Crippen LogP contribution in [0.5, 0.6) is 0 Å².